The zero-order chi connectivity index (χ0) is 14.8. The number of nitrogens with zero attached hydrogens (tertiary/aromatic N) is 2. The molecule has 0 saturated heterocycles. The summed E-state index contributed by atoms with van der Waals surface area (Å²) in [4.78, 5) is 3.10. The van der Waals surface area contributed by atoms with Crippen molar-refractivity contribution in [3.05, 3.63) is 39.3 Å². The molecule has 114 valence electrons. The monoisotopic (exact) mass is 303 g/mol. The van der Waals surface area contributed by atoms with Crippen LogP contribution in [0.1, 0.15) is 60.3 Å². The summed E-state index contributed by atoms with van der Waals surface area (Å²) in [5, 5.41) is 8.34. The van der Waals surface area contributed by atoms with E-state index < -0.39 is 0 Å². The molecule has 21 heavy (non-hydrogen) atoms. The molecule has 3 rings (SSSR count). The van der Waals surface area contributed by atoms with Gasteiger partial charge in [-0.1, -0.05) is 6.92 Å². The molecule has 1 aliphatic rings. The third-order valence-electron chi connectivity index (χ3n) is 4.17. The van der Waals surface area contributed by atoms with Gasteiger partial charge in [0.05, 0.1) is 5.69 Å². The molecule has 0 radical (unpaired) electrons. The van der Waals surface area contributed by atoms with Gasteiger partial charge in [-0.15, -0.1) is 11.3 Å². The Bertz CT molecular complexity index is 575. The van der Waals surface area contributed by atoms with Crippen molar-refractivity contribution < 1.29 is 0 Å². The summed E-state index contributed by atoms with van der Waals surface area (Å²) in [6.45, 7) is 7.52. The number of nitrogens with one attached hydrogen (secondary N) is 1. The van der Waals surface area contributed by atoms with Crippen LogP contribution in [0.15, 0.2) is 18.3 Å². The van der Waals surface area contributed by atoms with E-state index in [2.05, 4.69) is 44.4 Å². The Balaban J connectivity index is 1.76. The zero-order valence-electron chi connectivity index (χ0n) is 13.2. The van der Waals surface area contributed by atoms with Crippen molar-refractivity contribution in [3.8, 4) is 0 Å². The van der Waals surface area contributed by atoms with Gasteiger partial charge in [0, 0.05) is 34.5 Å². The first-order chi connectivity index (χ1) is 10.2. The number of hydrogen-bond acceptors (Lipinski definition) is 3. The second-order valence-electron chi connectivity index (χ2n) is 6.15. The van der Waals surface area contributed by atoms with Gasteiger partial charge in [0.25, 0.3) is 0 Å². The quantitative estimate of drug-likeness (QED) is 0.877. The first-order valence-corrected chi connectivity index (χ1v) is 8.88. The number of likely N-dealkylation sites (N-methyl/N-ethyl adjacent to an activating group) is 1. The Morgan fingerprint density at radius 2 is 2.24 bits per heavy atom. The van der Waals surface area contributed by atoms with E-state index in [-0.39, 0.29) is 0 Å². The van der Waals surface area contributed by atoms with Gasteiger partial charge in [-0.25, -0.2) is 0 Å². The molecule has 2 aromatic rings. The van der Waals surface area contributed by atoms with Crippen LogP contribution in [0.3, 0.4) is 0 Å². The molecule has 1 aliphatic carbocycles. The summed E-state index contributed by atoms with van der Waals surface area (Å²) in [5.74, 6) is 0. The smallest absolute Gasteiger partial charge is 0.0644 e. The van der Waals surface area contributed by atoms with Crippen molar-refractivity contribution >= 4 is 11.3 Å². The van der Waals surface area contributed by atoms with E-state index in [1.807, 2.05) is 16.0 Å². The number of aromatic nitrogens is 2. The molecular weight excluding hydrogens is 278 g/mol. The molecule has 2 heterocycles. The molecule has 0 spiro atoms. The summed E-state index contributed by atoms with van der Waals surface area (Å²) < 4.78 is 2.05. The van der Waals surface area contributed by atoms with E-state index in [1.165, 1.54) is 29.8 Å². The minimum absolute atomic E-state index is 0.404. The topological polar surface area (TPSA) is 29.9 Å². The highest BCUT2D eigenvalue weighted by atomic mass is 32.1. The van der Waals surface area contributed by atoms with Crippen molar-refractivity contribution in [2.24, 2.45) is 0 Å². The largest absolute Gasteiger partial charge is 0.309 e. The summed E-state index contributed by atoms with van der Waals surface area (Å²) in [7, 11) is 0. The molecule has 0 aromatic carbocycles. The van der Waals surface area contributed by atoms with Crippen LogP contribution in [-0.2, 0) is 19.3 Å². The highest BCUT2D eigenvalue weighted by Gasteiger charge is 2.20. The van der Waals surface area contributed by atoms with Crippen molar-refractivity contribution in [1.82, 2.24) is 15.1 Å². The van der Waals surface area contributed by atoms with Crippen LogP contribution in [0.25, 0.3) is 0 Å². The summed E-state index contributed by atoms with van der Waals surface area (Å²) in [5.41, 5.74) is 2.77. The van der Waals surface area contributed by atoms with Gasteiger partial charge < -0.3 is 5.32 Å². The second kappa shape index (κ2) is 6.32. The molecule has 4 heteroatoms. The fraction of sp³-hybridized carbons (Fsp3) is 0.588. The van der Waals surface area contributed by atoms with Gasteiger partial charge in [0.15, 0.2) is 0 Å². The lowest BCUT2D eigenvalue weighted by molar-refractivity contribution is 0.509. The van der Waals surface area contributed by atoms with Crippen LogP contribution in [0.4, 0.5) is 0 Å². The van der Waals surface area contributed by atoms with Crippen LogP contribution >= 0.6 is 11.3 Å². The molecule has 2 aromatic heterocycles. The first kappa shape index (κ1) is 14.8. The maximum Gasteiger partial charge on any atom is 0.0644 e. The average Bonchev–Trinajstić information content (AvgIpc) is 3.12. The molecule has 0 amide bonds. The number of aryl methyl sites for hydroxylation is 2. The van der Waals surface area contributed by atoms with Gasteiger partial charge in [-0.2, -0.15) is 5.10 Å². The van der Waals surface area contributed by atoms with E-state index >= 15 is 0 Å². The van der Waals surface area contributed by atoms with Gasteiger partial charge in [-0.05, 0) is 57.4 Å². The van der Waals surface area contributed by atoms with Crippen LogP contribution in [-0.4, -0.2) is 16.3 Å². The SMILES string of the molecule is CCNC(Cc1ccn(C(C)C)n1)c1cc2c(s1)CCC2. The highest BCUT2D eigenvalue weighted by Crippen LogP contribution is 2.34. The average molecular weight is 303 g/mol. The number of fused-ring (bicyclic) bond motifs is 1. The minimum atomic E-state index is 0.404. The van der Waals surface area contributed by atoms with E-state index in [0.29, 0.717) is 12.1 Å². The molecule has 1 N–H and O–H groups in total. The van der Waals surface area contributed by atoms with Gasteiger partial charge >= 0.3 is 0 Å². The third kappa shape index (κ3) is 3.22. The Morgan fingerprint density at radius 3 is 2.90 bits per heavy atom. The normalized spacial score (nSPS) is 15.6. The fourth-order valence-corrected chi connectivity index (χ4v) is 4.36. The molecule has 0 bridgehead atoms. The molecule has 1 unspecified atom stereocenters. The highest BCUT2D eigenvalue weighted by molar-refractivity contribution is 7.12. The van der Waals surface area contributed by atoms with E-state index in [4.69, 9.17) is 5.10 Å². The molecular formula is C17H25N3S. The van der Waals surface area contributed by atoms with Crippen molar-refractivity contribution in [1.29, 1.82) is 0 Å². The van der Waals surface area contributed by atoms with Crippen molar-refractivity contribution in [3.63, 3.8) is 0 Å². The predicted octanol–water partition coefficient (Wildman–Crippen LogP) is 3.91. The Morgan fingerprint density at radius 1 is 1.38 bits per heavy atom. The molecule has 0 fully saturated rings. The Labute approximate surface area is 131 Å². The lowest BCUT2D eigenvalue weighted by Gasteiger charge is -2.15. The Hall–Kier alpha value is -1.13. The summed E-state index contributed by atoms with van der Waals surface area (Å²) in [6.07, 6.45) is 6.96. The first-order valence-electron chi connectivity index (χ1n) is 8.06. The zero-order valence-corrected chi connectivity index (χ0v) is 14.0. The van der Waals surface area contributed by atoms with Crippen LogP contribution < -0.4 is 5.32 Å². The molecule has 1 atom stereocenters. The number of rotatable bonds is 6. The van der Waals surface area contributed by atoms with Gasteiger partial charge in [-0.3, -0.25) is 4.68 Å². The fourth-order valence-electron chi connectivity index (χ4n) is 3.03. The maximum atomic E-state index is 4.70. The number of thiophene rings is 1. The third-order valence-corrected chi connectivity index (χ3v) is 5.52. The summed E-state index contributed by atoms with van der Waals surface area (Å²) >= 11 is 2.01. The Kier molecular flexibility index (Phi) is 4.45. The minimum Gasteiger partial charge on any atom is -0.309 e. The van der Waals surface area contributed by atoms with Gasteiger partial charge in [0.1, 0.15) is 0 Å². The van der Waals surface area contributed by atoms with E-state index in [9.17, 15) is 0 Å². The molecule has 0 saturated carbocycles. The van der Waals surface area contributed by atoms with Crippen LogP contribution in [0.5, 0.6) is 0 Å². The van der Waals surface area contributed by atoms with E-state index in [0.717, 1.165) is 13.0 Å². The number of hydrogen-bond donors (Lipinski definition) is 1. The maximum absolute atomic E-state index is 4.70. The lowest BCUT2D eigenvalue weighted by Crippen LogP contribution is -2.22. The molecule has 0 aliphatic heterocycles. The van der Waals surface area contributed by atoms with Crippen molar-refractivity contribution in [2.75, 3.05) is 6.54 Å². The standard InChI is InChI=1S/C17H25N3S/c1-4-18-15(11-14-8-9-20(19-14)12(2)3)17-10-13-6-5-7-16(13)21-17/h8-10,12,15,18H,4-7,11H2,1-3H3. The van der Waals surface area contributed by atoms with Crippen molar-refractivity contribution in [2.45, 2.75) is 58.5 Å². The van der Waals surface area contributed by atoms with Crippen LogP contribution in [0.2, 0.25) is 0 Å². The summed E-state index contributed by atoms with van der Waals surface area (Å²) in [6, 6.07) is 5.42. The van der Waals surface area contributed by atoms with Gasteiger partial charge in [0.2, 0.25) is 0 Å². The van der Waals surface area contributed by atoms with E-state index in [1.54, 1.807) is 10.4 Å². The second-order valence-corrected chi connectivity index (χ2v) is 7.31. The predicted molar refractivity (Wildman–Crippen MR) is 89.1 cm³/mol. The van der Waals surface area contributed by atoms with Crippen LogP contribution in [0, 0.1) is 0 Å². The molecule has 3 nitrogen and oxygen atoms in total. The lowest BCUT2D eigenvalue weighted by atomic mass is 10.1.